The van der Waals surface area contributed by atoms with E-state index < -0.39 is 11.3 Å². The van der Waals surface area contributed by atoms with Crippen LogP contribution in [0.1, 0.15) is 5.56 Å². The first kappa shape index (κ1) is 11.9. The number of hydrogen-bond acceptors (Lipinski definition) is 3. The summed E-state index contributed by atoms with van der Waals surface area (Å²) < 4.78 is 0. The highest BCUT2D eigenvalue weighted by Crippen LogP contribution is 2.15. The van der Waals surface area contributed by atoms with Gasteiger partial charge in [-0.15, -0.1) is 0 Å². The number of carbonyl (C=O) groups excluding carboxylic acids is 1. The van der Waals surface area contributed by atoms with Crippen molar-refractivity contribution in [3.8, 4) is 0 Å². The van der Waals surface area contributed by atoms with Crippen LogP contribution in [0.15, 0.2) is 24.3 Å². The molecular weight excluding hydrogens is 238 g/mol. The van der Waals surface area contributed by atoms with E-state index in [1.165, 1.54) is 0 Å². The number of imide groups is 1. The third kappa shape index (κ3) is 4.71. The molecule has 1 rings (SSSR count). The van der Waals surface area contributed by atoms with Crippen LogP contribution >= 0.6 is 23.4 Å². The fraction of sp³-hybridized carbons (Fsp3) is 0.111. The first-order chi connectivity index (χ1) is 7.08. The molecule has 0 saturated heterocycles. The van der Waals surface area contributed by atoms with Gasteiger partial charge < -0.3 is 5.11 Å². The van der Waals surface area contributed by atoms with Gasteiger partial charge in [-0.2, -0.15) is 0 Å². The van der Waals surface area contributed by atoms with Gasteiger partial charge in [-0.3, -0.25) is 10.1 Å². The Bertz CT molecular complexity index is 366. The molecule has 80 valence electrons. The van der Waals surface area contributed by atoms with E-state index in [0.717, 1.165) is 17.3 Å². The molecule has 0 bridgehead atoms. The zero-order valence-corrected chi connectivity index (χ0v) is 9.14. The highest BCUT2D eigenvalue weighted by Gasteiger charge is 2.05. The van der Waals surface area contributed by atoms with E-state index in [-0.39, 0.29) is 0 Å². The summed E-state index contributed by atoms with van der Waals surface area (Å²) in [6.07, 6.45) is -1.34. The third-order valence-corrected chi connectivity index (χ3v) is 2.59. The van der Waals surface area contributed by atoms with E-state index in [0.29, 0.717) is 10.8 Å². The highest BCUT2D eigenvalue weighted by atomic mass is 35.5. The predicted octanol–water partition coefficient (Wildman–Crippen LogP) is 2.96. The normalized spacial score (nSPS) is 9.67. The molecule has 2 N–H and O–H groups in total. The molecule has 15 heavy (non-hydrogen) atoms. The zero-order chi connectivity index (χ0) is 11.3. The summed E-state index contributed by atoms with van der Waals surface area (Å²) in [6, 6.07) is 6.99. The van der Waals surface area contributed by atoms with Gasteiger partial charge in [0.15, 0.2) is 0 Å². The maximum Gasteiger partial charge on any atom is 0.412 e. The Morgan fingerprint density at radius 2 is 1.93 bits per heavy atom. The Morgan fingerprint density at radius 1 is 1.33 bits per heavy atom. The second-order valence-electron chi connectivity index (χ2n) is 2.63. The molecular formula is C9H8ClNO3S. The number of rotatable bonds is 2. The standard InChI is InChI=1S/C9H8ClNO3S/c10-7-3-1-6(2-4-7)5-15-9(14)11-8(12)13/h1-4H,5H2,(H,11,14)(H,12,13). The minimum absolute atomic E-state index is 0.413. The lowest BCUT2D eigenvalue weighted by Crippen LogP contribution is -2.24. The van der Waals surface area contributed by atoms with E-state index in [1.807, 2.05) is 0 Å². The molecule has 0 aliphatic heterocycles. The van der Waals surface area contributed by atoms with Crippen LogP contribution in [0.25, 0.3) is 0 Å². The summed E-state index contributed by atoms with van der Waals surface area (Å²) in [5.41, 5.74) is 0.907. The van der Waals surface area contributed by atoms with Crippen LogP contribution in [-0.4, -0.2) is 16.4 Å². The molecule has 0 atom stereocenters. The molecule has 0 saturated carbocycles. The maximum atomic E-state index is 10.9. The molecule has 0 aromatic heterocycles. The maximum absolute atomic E-state index is 10.9. The van der Waals surface area contributed by atoms with Crippen molar-refractivity contribution in [3.05, 3.63) is 34.9 Å². The molecule has 0 fully saturated rings. The molecule has 2 amide bonds. The van der Waals surface area contributed by atoms with Crippen LogP contribution < -0.4 is 5.32 Å². The van der Waals surface area contributed by atoms with Crippen molar-refractivity contribution in [1.29, 1.82) is 0 Å². The van der Waals surface area contributed by atoms with E-state index in [9.17, 15) is 9.59 Å². The molecule has 1 aromatic rings. The Hall–Kier alpha value is -1.20. The number of thioether (sulfide) groups is 1. The minimum atomic E-state index is -1.34. The van der Waals surface area contributed by atoms with Gasteiger partial charge in [0, 0.05) is 10.8 Å². The monoisotopic (exact) mass is 245 g/mol. The number of benzene rings is 1. The molecule has 0 spiro atoms. The number of halogens is 1. The van der Waals surface area contributed by atoms with Crippen molar-refractivity contribution in [3.63, 3.8) is 0 Å². The average molecular weight is 246 g/mol. The molecule has 0 aliphatic carbocycles. The SMILES string of the molecule is O=C(O)NC(=O)SCc1ccc(Cl)cc1. The quantitative estimate of drug-likeness (QED) is 0.841. The highest BCUT2D eigenvalue weighted by molar-refractivity contribution is 8.12. The van der Waals surface area contributed by atoms with Crippen molar-refractivity contribution in [1.82, 2.24) is 5.32 Å². The summed E-state index contributed by atoms with van der Waals surface area (Å²) >= 11 is 6.57. The number of hydrogen-bond donors (Lipinski definition) is 2. The molecule has 0 heterocycles. The van der Waals surface area contributed by atoms with Crippen molar-refractivity contribution in [2.45, 2.75) is 5.75 Å². The van der Waals surface area contributed by atoms with Crippen molar-refractivity contribution in [2.75, 3.05) is 0 Å². The van der Waals surface area contributed by atoms with Crippen LogP contribution in [0, 0.1) is 0 Å². The second-order valence-corrected chi connectivity index (χ2v) is 4.02. The Kier molecular flexibility index (Phi) is 4.45. The predicted molar refractivity (Wildman–Crippen MR) is 59.3 cm³/mol. The van der Waals surface area contributed by atoms with Gasteiger partial charge in [-0.25, -0.2) is 4.79 Å². The smallest absolute Gasteiger partial charge is 0.412 e. The fourth-order valence-electron chi connectivity index (χ4n) is 0.853. The van der Waals surface area contributed by atoms with Crippen LogP contribution in [0.2, 0.25) is 5.02 Å². The van der Waals surface area contributed by atoms with Gasteiger partial charge in [0.25, 0.3) is 5.24 Å². The number of nitrogens with one attached hydrogen (secondary N) is 1. The van der Waals surface area contributed by atoms with Crippen LogP contribution in [0.5, 0.6) is 0 Å². The molecule has 0 unspecified atom stereocenters. The van der Waals surface area contributed by atoms with Crippen LogP contribution in [-0.2, 0) is 5.75 Å². The van der Waals surface area contributed by atoms with Crippen LogP contribution in [0.4, 0.5) is 9.59 Å². The summed E-state index contributed by atoms with van der Waals surface area (Å²) in [4.78, 5) is 21.0. The summed E-state index contributed by atoms with van der Waals surface area (Å²) in [5, 5.41) is 10.0. The molecule has 1 aromatic carbocycles. The first-order valence-corrected chi connectivity index (χ1v) is 5.35. The van der Waals surface area contributed by atoms with Crippen molar-refractivity contribution < 1.29 is 14.7 Å². The molecule has 0 radical (unpaired) electrons. The Balaban J connectivity index is 2.40. The lowest BCUT2D eigenvalue weighted by atomic mass is 10.2. The summed E-state index contributed by atoms with van der Waals surface area (Å²) in [6.45, 7) is 0. The van der Waals surface area contributed by atoms with E-state index in [1.54, 1.807) is 29.6 Å². The minimum Gasteiger partial charge on any atom is -0.465 e. The second kappa shape index (κ2) is 5.63. The van der Waals surface area contributed by atoms with Gasteiger partial charge >= 0.3 is 6.09 Å². The largest absolute Gasteiger partial charge is 0.465 e. The van der Waals surface area contributed by atoms with Gasteiger partial charge in [0.05, 0.1) is 0 Å². The summed E-state index contributed by atoms with van der Waals surface area (Å²) in [7, 11) is 0. The molecule has 4 nitrogen and oxygen atoms in total. The van der Waals surface area contributed by atoms with Gasteiger partial charge in [-0.1, -0.05) is 35.5 Å². The molecule has 6 heteroatoms. The summed E-state index contributed by atoms with van der Waals surface area (Å²) in [5.74, 6) is 0.413. The van der Waals surface area contributed by atoms with Gasteiger partial charge in [0.2, 0.25) is 0 Å². The first-order valence-electron chi connectivity index (χ1n) is 3.99. The van der Waals surface area contributed by atoms with Gasteiger partial charge in [0.1, 0.15) is 0 Å². The Labute approximate surface area is 95.6 Å². The third-order valence-electron chi connectivity index (χ3n) is 1.49. The van der Waals surface area contributed by atoms with Gasteiger partial charge in [-0.05, 0) is 17.7 Å². The topological polar surface area (TPSA) is 66.4 Å². The van der Waals surface area contributed by atoms with Crippen molar-refractivity contribution >= 4 is 34.7 Å². The number of amides is 2. The molecule has 0 aliphatic rings. The lowest BCUT2D eigenvalue weighted by molar-refractivity contribution is 0.195. The van der Waals surface area contributed by atoms with E-state index in [2.05, 4.69) is 0 Å². The lowest BCUT2D eigenvalue weighted by Gasteiger charge is -2.00. The van der Waals surface area contributed by atoms with Crippen LogP contribution in [0.3, 0.4) is 0 Å². The van der Waals surface area contributed by atoms with E-state index in [4.69, 9.17) is 16.7 Å². The van der Waals surface area contributed by atoms with Crippen molar-refractivity contribution in [2.24, 2.45) is 0 Å². The van der Waals surface area contributed by atoms with E-state index >= 15 is 0 Å². The average Bonchev–Trinajstić information content (AvgIpc) is 2.16. The number of carbonyl (C=O) groups is 2. The number of carboxylic acid groups (broad SMARTS) is 1. The zero-order valence-electron chi connectivity index (χ0n) is 7.57. The fourth-order valence-corrected chi connectivity index (χ4v) is 1.63. The Morgan fingerprint density at radius 3 is 2.47 bits per heavy atom.